The van der Waals surface area contributed by atoms with Gasteiger partial charge < -0.3 is 4.42 Å². The summed E-state index contributed by atoms with van der Waals surface area (Å²) in [5.74, 6) is 0.882. The van der Waals surface area contributed by atoms with E-state index in [1.165, 1.54) is 10.8 Å². The van der Waals surface area contributed by atoms with Gasteiger partial charge in [0.15, 0.2) is 21.4 Å². The quantitative estimate of drug-likeness (QED) is 0.718. The van der Waals surface area contributed by atoms with Crippen molar-refractivity contribution in [3.63, 3.8) is 0 Å². The first-order chi connectivity index (χ1) is 11.1. The average molecular weight is 330 g/mol. The minimum atomic E-state index is -3.12. The predicted octanol–water partition coefficient (Wildman–Crippen LogP) is 2.02. The van der Waals surface area contributed by atoms with Crippen molar-refractivity contribution in [2.75, 3.05) is 11.5 Å². The lowest BCUT2D eigenvalue weighted by Gasteiger charge is -2.17. The summed E-state index contributed by atoms with van der Waals surface area (Å²) in [7, 11) is -3.12. The first-order valence-electron chi connectivity index (χ1n) is 7.31. The van der Waals surface area contributed by atoms with Crippen molar-refractivity contribution < 1.29 is 12.8 Å². The highest BCUT2D eigenvalue weighted by molar-refractivity contribution is 7.91. The highest BCUT2D eigenvalue weighted by atomic mass is 32.2. The molecule has 0 radical (unpaired) electrons. The topological polar surface area (TPSA) is 82.2 Å². The molecule has 1 aliphatic rings. The molecule has 118 valence electrons. The first kappa shape index (κ1) is 14.2. The standard InChI is InChI=1S/C16H14N2O4S/c19-16-12-4-1-2-5-13(12)17-15(14-6-3-8-22-14)18(16)11-7-9-23(20,21)10-11/h1-6,8,11H,7,9-10H2. The minimum absolute atomic E-state index is 0.0410. The van der Waals surface area contributed by atoms with Crippen LogP contribution in [0, 0.1) is 0 Å². The molecule has 0 bridgehead atoms. The number of para-hydroxylation sites is 1. The highest BCUT2D eigenvalue weighted by Gasteiger charge is 2.32. The zero-order valence-electron chi connectivity index (χ0n) is 12.2. The summed E-state index contributed by atoms with van der Waals surface area (Å²) in [6.45, 7) is 0. The van der Waals surface area contributed by atoms with E-state index in [1.54, 1.807) is 30.3 Å². The molecule has 0 aliphatic carbocycles. The maximum absolute atomic E-state index is 12.9. The van der Waals surface area contributed by atoms with Crippen LogP contribution in [-0.4, -0.2) is 29.5 Å². The fourth-order valence-electron chi connectivity index (χ4n) is 3.04. The Hall–Kier alpha value is -2.41. The largest absolute Gasteiger partial charge is 0.461 e. The molecule has 1 fully saturated rings. The number of furan rings is 1. The molecule has 0 N–H and O–H groups in total. The Balaban J connectivity index is 2.02. The van der Waals surface area contributed by atoms with Gasteiger partial charge in [0.25, 0.3) is 5.56 Å². The molecule has 1 unspecified atom stereocenters. The minimum Gasteiger partial charge on any atom is -0.461 e. The van der Waals surface area contributed by atoms with Gasteiger partial charge in [-0.2, -0.15) is 0 Å². The summed E-state index contributed by atoms with van der Waals surface area (Å²) >= 11 is 0. The van der Waals surface area contributed by atoms with E-state index in [0.717, 1.165) is 0 Å². The van der Waals surface area contributed by atoms with Gasteiger partial charge in [0.2, 0.25) is 0 Å². The van der Waals surface area contributed by atoms with Crippen molar-refractivity contribution >= 4 is 20.7 Å². The van der Waals surface area contributed by atoms with E-state index < -0.39 is 15.9 Å². The van der Waals surface area contributed by atoms with Crippen LogP contribution in [-0.2, 0) is 9.84 Å². The molecular formula is C16H14N2O4S. The zero-order chi connectivity index (χ0) is 16.0. The maximum Gasteiger partial charge on any atom is 0.262 e. The van der Waals surface area contributed by atoms with Crippen LogP contribution in [0.2, 0.25) is 0 Å². The van der Waals surface area contributed by atoms with Gasteiger partial charge in [0, 0.05) is 0 Å². The van der Waals surface area contributed by atoms with E-state index in [-0.39, 0.29) is 17.1 Å². The second kappa shape index (κ2) is 5.06. The van der Waals surface area contributed by atoms with Crippen LogP contribution in [0.4, 0.5) is 0 Å². The Morgan fingerprint density at radius 2 is 2.00 bits per heavy atom. The van der Waals surface area contributed by atoms with Crippen molar-refractivity contribution in [2.45, 2.75) is 12.5 Å². The predicted molar refractivity (Wildman–Crippen MR) is 86.0 cm³/mol. The Bertz CT molecular complexity index is 1040. The van der Waals surface area contributed by atoms with Gasteiger partial charge >= 0.3 is 0 Å². The lowest BCUT2D eigenvalue weighted by Crippen LogP contribution is -2.28. The molecular weight excluding hydrogens is 316 g/mol. The van der Waals surface area contributed by atoms with E-state index in [4.69, 9.17) is 4.42 Å². The smallest absolute Gasteiger partial charge is 0.262 e. The Kier molecular flexibility index (Phi) is 3.12. The number of nitrogens with zero attached hydrogens (tertiary/aromatic N) is 2. The second-order valence-electron chi connectivity index (χ2n) is 5.66. The molecule has 6 nitrogen and oxygen atoms in total. The lowest BCUT2D eigenvalue weighted by atomic mass is 10.2. The summed E-state index contributed by atoms with van der Waals surface area (Å²) in [6, 6.07) is 10.1. The second-order valence-corrected chi connectivity index (χ2v) is 7.89. The van der Waals surface area contributed by atoms with E-state index in [9.17, 15) is 13.2 Å². The molecule has 3 heterocycles. The van der Waals surface area contributed by atoms with Gasteiger partial charge in [-0.25, -0.2) is 13.4 Å². The molecule has 23 heavy (non-hydrogen) atoms. The van der Waals surface area contributed by atoms with Crippen LogP contribution in [0.5, 0.6) is 0 Å². The molecule has 1 atom stereocenters. The number of rotatable bonds is 2. The normalized spacial score (nSPS) is 20.1. The number of benzene rings is 1. The molecule has 2 aromatic heterocycles. The van der Waals surface area contributed by atoms with E-state index in [0.29, 0.717) is 28.9 Å². The molecule has 0 saturated carbocycles. The van der Waals surface area contributed by atoms with Crippen molar-refractivity contribution in [3.8, 4) is 11.6 Å². The monoisotopic (exact) mass is 330 g/mol. The third-order valence-electron chi connectivity index (χ3n) is 4.12. The van der Waals surface area contributed by atoms with Crippen molar-refractivity contribution in [1.82, 2.24) is 9.55 Å². The number of hydrogen-bond acceptors (Lipinski definition) is 5. The third-order valence-corrected chi connectivity index (χ3v) is 5.87. The van der Waals surface area contributed by atoms with Crippen LogP contribution >= 0.6 is 0 Å². The molecule has 0 amide bonds. The number of fused-ring (bicyclic) bond motifs is 1. The fraction of sp³-hybridized carbons (Fsp3) is 0.250. The molecule has 3 aromatic rings. The summed E-state index contributed by atoms with van der Waals surface area (Å²) in [4.78, 5) is 17.5. The lowest BCUT2D eigenvalue weighted by molar-refractivity contribution is 0.517. The Morgan fingerprint density at radius 3 is 2.70 bits per heavy atom. The molecule has 1 saturated heterocycles. The van der Waals surface area contributed by atoms with E-state index >= 15 is 0 Å². The van der Waals surface area contributed by atoms with E-state index in [1.807, 2.05) is 6.07 Å². The van der Waals surface area contributed by atoms with Gasteiger partial charge in [0.05, 0.1) is 34.7 Å². The summed E-state index contributed by atoms with van der Waals surface area (Å²) in [5.41, 5.74) is 0.338. The van der Waals surface area contributed by atoms with Crippen LogP contribution in [0.15, 0.2) is 51.9 Å². The first-order valence-corrected chi connectivity index (χ1v) is 9.13. The summed E-state index contributed by atoms with van der Waals surface area (Å²) in [6.07, 6.45) is 1.92. The molecule has 1 aromatic carbocycles. The Labute approximate surface area is 132 Å². The number of sulfone groups is 1. The SMILES string of the molecule is O=c1c2ccccc2nc(-c2ccco2)n1C1CCS(=O)(=O)C1. The summed E-state index contributed by atoms with van der Waals surface area (Å²) in [5, 5.41) is 0.479. The third kappa shape index (κ3) is 2.37. The number of aromatic nitrogens is 2. The van der Waals surface area contributed by atoms with Crippen molar-refractivity contribution in [3.05, 3.63) is 53.0 Å². The Morgan fingerprint density at radius 1 is 1.17 bits per heavy atom. The molecule has 0 spiro atoms. The highest BCUT2D eigenvalue weighted by Crippen LogP contribution is 2.28. The van der Waals surface area contributed by atoms with Gasteiger partial charge in [-0.15, -0.1) is 0 Å². The number of hydrogen-bond donors (Lipinski definition) is 0. The molecule has 1 aliphatic heterocycles. The van der Waals surface area contributed by atoms with Crippen LogP contribution < -0.4 is 5.56 Å². The van der Waals surface area contributed by atoms with Gasteiger partial charge in [-0.3, -0.25) is 9.36 Å². The van der Waals surface area contributed by atoms with Crippen molar-refractivity contribution in [1.29, 1.82) is 0 Å². The molecule has 7 heteroatoms. The molecule has 4 rings (SSSR count). The summed E-state index contributed by atoms with van der Waals surface area (Å²) < 4.78 is 30.5. The van der Waals surface area contributed by atoms with Crippen LogP contribution in [0.25, 0.3) is 22.5 Å². The van der Waals surface area contributed by atoms with Gasteiger partial charge in [-0.1, -0.05) is 12.1 Å². The van der Waals surface area contributed by atoms with E-state index in [2.05, 4.69) is 4.98 Å². The van der Waals surface area contributed by atoms with Crippen LogP contribution in [0.3, 0.4) is 0 Å². The zero-order valence-corrected chi connectivity index (χ0v) is 13.0. The van der Waals surface area contributed by atoms with Gasteiger partial charge in [0.1, 0.15) is 0 Å². The average Bonchev–Trinajstić information content (AvgIpc) is 3.16. The maximum atomic E-state index is 12.9. The van der Waals surface area contributed by atoms with Crippen LogP contribution in [0.1, 0.15) is 12.5 Å². The van der Waals surface area contributed by atoms with Crippen molar-refractivity contribution in [2.24, 2.45) is 0 Å². The van der Waals surface area contributed by atoms with Gasteiger partial charge in [-0.05, 0) is 30.7 Å². The fourth-order valence-corrected chi connectivity index (χ4v) is 4.74.